The van der Waals surface area contributed by atoms with Gasteiger partial charge in [0, 0.05) is 0 Å². The molecule has 0 spiro atoms. The Hall–Kier alpha value is -1.63. The van der Waals surface area contributed by atoms with Crippen LogP contribution in [-0.4, -0.2) is 47.8 Å². The van der Waals surface area contributed by atoms with Gasteiger partial charge in [-0.3, -0.25) is 4.79 Å². The molecule has 2 aliphatic rings. The molecule has 96 valence electrons. The number of carbonyl (C=O) groups excluding carboxylic acids is 1. The van der Waals surface area contributed by atoms with Crippen LogP contribution in [0.1, 0.15) is 6.92 Å². The van der Waals surface area contributed by atoms with Crippen LogP contribution in [0.3, 0.4) is 0 Å². The third kappa shape index (κ3) is 3.42. The average Bonchev–Trinajstić information content (AvgIpc) is 2.74. The van der Waals surface area contributed by atoms with Crippen molar-refractivity contribution in [3.8, 4) is 0 Å². The van der Waals surface area contributed by atoms with Crippen molar-refractivity contribution in [1.29, 1.82) is 0 Å². The Bertz CT molecular complexity index is 307. The maximum atomic E-state index is 11.2. The fourth-order valence-corrected chi connectivity index (χ4v) is 2.01. The van der Waals surface area contributed by atoms with Crippen LogP contribution in [0.15, 0.2) is 0 Å². The molecule has 3 N–H and O–H groups in total. The Kier molecular flexibility index (Phi) is 4.45. The number of carboxylic acid groups (broad SMARTS) is 2. The summed E-state index contributed by atoms with van der Waals surface area (Å²) in [7, 11) is 0. The van der Waals surface area contributed by atoms with Crippen molar-refractivity contribution in [2.45, 2.75) is 6.92 Å². The van der Waals surface area contributed by atoms with Gasteiger partial charge in [0.25, 0.3) is 0 Å². The minimum Gasteiger partial charge on any atom is -0.473 e. The molecule has 2 fully saturated rings. The molecule has 1 aliphatic heterocycles. The van der Waals surface area contributed by atoms with Crippen LogP contribution in [0.4, 0.5) is 0 Å². The SMILES string of the molecule is CCOC(=O)C1C2CNCC21.O=C(O)C(=O)O. The molecule has 1 heterocycles. The normalized spacial score (nSPS) is 28.4. The minimum atomic E-state index is -1.82. The van der Waals surface area contributed by atoms with Crippen LogP contribution in [0.25, 0.3) is 0 Å². The van der Waals surface area contributed by atoms with E-state index in [2.05, 4.69) is 5.32 Å². The van der Waals surface area contributed by atoms with E-state index >= 15 is 0 Å². The van der Waals surface area contributed by atoms with Crippen LogP contribution >= 0.6 is 0 Å². The van der Waals surface area contributed by atoms with Crippen LogP contribution in [0.2, 0.25) is 0 Å². The van der Waals surface area contributed by atoms with Crippen molar-refractivity contribution in [1.82, 2.24) is 5.32 Å². The third-order valence-corrected chi connectivity index (χ3v) is 2.83. The number of hydrogen-bond acceptors (Lipinski definition) is 5. The highest BCUT2D eigenvalue weighted by Crippen LogP contribution is 2.49. The molecule has 0 aromatic rings. The van der Waals surface area contributed by atoms with Gasteiger partial charge >= 0.3 is 17.9 Å². The molecule has 0 aromatic carbocycles. The van der Waals surface area contributed by atoms with Crippen molar-refractivity contribution in [3.63, 3.8) is 0 Å². The lowest BCUT2D eigenvalue weighted by Crippen LogP contribution is -2.20. The van der Waals surface area contributed by atoms with E-state index < -0.39 is 11.9 Å². The number of carboxylic acids is 2. The van der Waals surface area contributed by atoms with Crippen LogP contribution in [0.5, 0.6) is 0 Å². The summed E-state index contributed by atoms with van der Waals surface area (Å²) in [5, 5.41) is 18.0. The predicted octanol–water partition coefficient (Wildman–Crippen LogP) is -0.829. The van der Waals surface area contributed by atoms with Gasteiger partial charge in [-0.05, 0) is 31.8 Å². The number of ether oxygens (including phenoxy) is 1. The fourth-order valence-electron chi connectivity index (χ4n) is 2.01. The molecule has 7 heteroatoms. The number of piperidine rings is 1. The largest absolute Gasteiger partial charge is 0.473 e. The van der Waals surface area contributed by atoms with Gasteiger partial charge in [-0.2, -0.15) is 0 Å². The Balaban J connectivity index is 0.000000209. The molecule has 2 unspecified atom stereocenters. The van der Waals surface area contributed by atoms with E-state index in [0.717, 1.165) is 13.1 Å². The zero-order valence-electron chi connectivity index (χ0n) is 9.38. The minimum absolute atomic E-state index is 0.0176. The number of esters is 1. The van der Waals surface area contributed by atoms with Crippen molar-refractivity contribution < 1.29 is 29.3 Å². The predicted molar refractivity (Wildman–Crippen MR) is 55.2 cm³/mol. The highest BCUT2D eigenvalue weighted by atomic mass is 16.5. The molecule has 2 atom stereocenters. The van der Waals surface area contributed by atoms with Crippen molar-refractivity contribution >= 4 is 17.9 Å². The van der Waals surface area contributed by atoms with Gasteiger partial charge in [0.1, 0.15) is 0 Å². The van der Waals surface area contributed by atoms with Gasteiger partial charge in [-0.25, -0.2) is 9.59 Å². The van der Waals surface area contributed by atoms with Crippen molar-refractivity contribution in [2.75, 3.05) is 19.7 Å². The number of fused-ring (bicyclic) bond motifs is 1. The molecule has 0 aromatic heterocycles. The molecule has 1 saturated heterocycles. The second-order valence-corrected chi connectivity index (χ2v) is 3.87. The number of aliphatic carboxylic acids is 2. The first-order chi connectivity index (χ1) is 7.99. The summed E-state index contributed by atoms with van der Waals surface area (Å²) in [6.07, 6.45) is 0. The van der Waals surface area contributed by atoms with Crippen LogP contribution < -0.4 is 5.32 Å². The monoisotopic (exact) mass is 245 g/mol. The standard InChI is InChI=1S/C8H13NO2.C2H2O4/c1-2-11-8(10)7-5-3-9-4-6(5)7;3-1(4)2(5)6/h5-7,9H,2-4H2,1H3;(H,3,4)(H,5,6). The summed E-state index contributed by atoms with van der Waals surface area (Å²) in [5.41, 5.74) is 0. The number of rotatable bonds is 2. The lowest BCUT2D eigenvalue weighted by molar-refractivity contribution is -0.159. The Labute approximate surface area is 97.8 Å². The smallest absolute Gasteiger partial charge is 0.414 e. The molecule has 17 heavy (non-hydrogen) atoms. The maximum Gasteiger partial charge on any atom is 0.414 e. The second-order valence-electron chi connectivity index (χ2n) is 3.87. The first-order valence-corrected chi connectivity index (χ1v) is 5.32. The van der Waals surface area contributed by atoms with E-state index in [1.54, 1.807) is 0 Å². The molecule has 0 bridgehead atoms. The zero-order chi connectivity index (χ0) is 13.0. The van der Waals surface area contributed by atoms with Crippen molar-refractivity contribution in [2.24, 2.45) is 17.8 Å². The molecule has 1 saturated carbocycles. The first kappa shape index (κ1) is 13.4. The molecular weight excluding hydrogens is 230 g/mol. The van der Waals surface area contributed by atoms with E-state index in [0.29, 0.717) is 18.4 Å². The number of carbonyl (C=O) groups is 3. The quantitative estimate of drug-likeness (QED) is 0.430. The fraction of sp³-hybridized carbons (Fsp3) is 0.700. The Morgan fingerprint density at radius 1 is 1.18 bits per heavy atom. The first-order valence-electron chi connectivity index (χ1n) is 5.32. The van der Waals surface area contributed by atoms with Gasteiger partial charge in [0.2, 0.25) is 0 Å². The summed E-state index contributed by atoms with van der Waals surface area (Å²) in [5.74, 6) is -2.21. The van der Waals surface area contributed by atoms with Gasteiger partial charge in [-0.1, -0.05) is 0 Å². The van der Waals surface area contributed by atoms with Crippen LogP contribution in [0, 0.1) is 17.8 Å². The lowest BCUT2D eigenvalue weighted by atomic mass is 10.3. The second kappa shape index (κ2) is 5.62. The Morgan fingerprint density at radius 3 is 2.00 bits per heavy atom. The number of hydrogen-bond donors (Lipinski definition) is 3. The summed E-state index contributed by atoms with van der Waals surface area (Å²) >= 11 is 0. The van der Waals surface area contributed by atoms with Gasteiger partial charge < -0.3 is 20.3 Å². The molecule has 7 nitrogen and oxygen atoms in total. The molecule has 0 radical (unpaired) electrons. The summed E-state index contributed by atoms with van der Waals surface area (Å²) in [4.78, 5) is 29.4. The highest BCUT2D eigenvalue weighted by Gasteiger charge is 2.57. The van der Waals surface area contributed by atoms with E-state index in [1.807, 2.05) is 6.92 Å². The molecule has 1 aliphatic carbocycles. The van der Waals surface area contributed by atoms with E-state index in [4.69, 9.17) is 24.5 Å². The van der Waals surface area contributed by atoms with E-state index in [1.165, 1.54) is 0 Å². The molecular formula is C10H15NO6. The molecule has 0 amide bonds. The van der Waals surface area contributed by atoms with Gasteiger partial charge in [0.15, 0.2) is 0 Å². The Morgan fingerprint density at radius 2 is 1.65 bits per heavy atom. The third-order valence-electron chi connectivity index (χ3n) is 2.83. The summed E-state index contributed by atoms with van der Waals surface area (Å²) < 4.78 is 4.94. The van der Waals surface area contributed by atoms with E-state index in [9.17, 15) is 4.79 Å². The number of nitrogens with one attached hydrogen (secondary N) is 1. The summed E-state index contributed by atoms with van der Waals surface area (Å²) in [6.45, 7) is 4.39. The summed E-state index contributed by atoms with van der Waals surface area (Å²) in [6, 6.07) is 0. The lowest BCUT2D eigenvalue weighted by Gasteiger charge is -2.03. The highest BCUT2D eigenvalue weighted by molar-refractivity contribution is 6.27. The van der Waals surface area contributed by atoms with Crippen molar-refractivity contribution in [3.05, 3.63) is 0 Å². The topological polar surface area (TPSA) is 113 Å². The van der Waals surface area contributed by atoms with Gasteiger partial charge in [-0.15, -0.1) is 0 Å². The van der Waals surface area contributed by atoms with Gasteiger partial charge in [0.05, 0.1) is 12.5 Å². The zero-order valence-corrected chi connectivity index (χ0v) is 9.38. The maximum absolute atomic E-state index is 11.2. The average molecular weight is 245 g/mol. The van der Waals surface area contributed by atoms with Crippen LogP contribution in [-0.2, 0) is 19.1 Å². The van der Waals surface area contributed by atoms with E-state index in [-0.39, 0.29) is 11.9 Å². The molecule has 2 rings (SSSR count).